The molecule has 18 heavy (non-hydrogen) atoms. The number of nitrogens with zero attached hydrogens (tertiary/aromatic N) is 1. The highest BCUT2D eigenvalue weighted by molar-refractivity contribution is 5.72. The van der Waals surface area contributed by atoms with Gasteiger partial charge in [0.05, 0.1) is 6.04 Å². The van der Waals surface area contributed by atoms with E-state index in [2.05, 4.69) is 10.2 Å². The number of amides is 1. The van der Waals surface area contributed by atoms with E-state index in [0.29, 0.717) is 6.54 Å². The van der Waals surface area contributed by atoms with Crippen LogP contribution in [0.25, 0.3) is 0 Å². The van der Waals surface area contributed by atoms with Gasteiger partial charge >= 0.3 is 0 Å². The molecule has 1 N–H and O–H groups in total. The monoisotopic (exact) mass is 250 g/mol. The number of rotatable bonds is 4. The van der Waals surface area contributed by atoms with Gasteiger partial charge in [-0.25, -0.2) is 0 Å². The van der Waals surface area contributed by atoms with E-state index in [1.54, 1.807) is 0 Å². The van der Waals surface area contributed by atoms with Crippen molar-refractivity contribution in [3.05, 3.63) is 23.8 Å². The molecule has 0 saturated heterocycles. The van der Waals surface area contributed by atoms with E-state index in [9.17, 15) is 4.79 Å². The number of hydrogen-bond acceptors (Lipinski definition) is 4. The average molecular weight is 250 g/mol. The zero-order valence-electron chi connectivity index (χ0n) is 10.9. The molecule has 1 aromatic rings. The van der Waals surface area contributed by atoms with Gasteiger partial charge in [-0.05, 0) is 31.8 Å². The molecular weight excluding hydrogens is 232 g/mol. The Morgan fingerprint density at radius 3 is 2.78 bits per heavy atom. The fourth-order valence-corrected chi connectivity index (χ4v) is 1.96. The van der Waals surface area contributed by atoms with Crippen LogP contribution in [0.2, 0.25) is 0 Å². The van der Waals surface area contributed by atoms with Crippen LogP contribution in [-0.2, 0) is 4.79 Å². The van der Waals surface area contributed by atoms with Crippen LogP contribution < -0.4 is 14.8 Å². The molecule has 0 saturated carbocycles. The van der Waals surface area contributed by atoms with Gasteiger partial charge in [0.15, 0.2) is 11.5 Å². The minimum Gasteiger partial charge on any atom is -0.454 e. The zero-order chi connectivity index (χ0) is 13.1. The quantitative estimate of drug-likeness (QED) is 0.871. The average Bonchev–Trinajstić information content (AvgIpc) is 2.75. The number of fused-ring (bicyclic) bond motifs is 1. The smallest absolute Gasteiger partial charge is 0.231 e. The van der Waals surface area contributed by atoms with Crippen molar-refractivity contribution in [3.8, 4) is 11.5 Å². The van der Waals surface area contributed by atoms with E-state index in [4.69, 9.17) is 9.47 Å². The van der Waals surface area contributed by atoms with Gasteiger partial charge in [0, 0.05) is 13.5 Å². The van der Waals surface area contributed by atoms with Gasteiger partial charge < -0.3 is 19.7 Å². The number of carbonyl (C=O) groups is 1. The van der Waals surface area contributed by atoms with Crippen molar-refractivity contribution in [3.63, 3.8) is 0 Å². The molecule has 1 amide bonds. The van der Waals surface area contributed by atoms with Gasteiger partial charge in [-0.3, -0.25) is 4.79 Å². The minimum absolute atomic E-state index is 0.0254. The first-order valence-electron chi connectivity index (χ1n) is 5.88. The third kappa shape index (κ3) is 2.73. The number of likely N-dealkylation sites (N-methyl/N-ethyl adjacent to an activating group) is 1. The predicted octanol–water partition coefficient (Wildman–Crippen LogP) is 1.15. The third-order valence-corrected chi connectivity index (χ3v) is 2.95. The summed E-state index contributed by atoms with van der Waals surface area (Å²) < 4.78 is 10.7. The van der Waals surface area contributed by atoms with E-state index in [-0.39, 0.29) is 18.7 Å². The van der Waals surface area contributed by atoms with Crippen LogP contribution in [0.1, 0.15) is 18.5 Å². The lowest BCUT2D eigenvalue weighted by atomic mass is 10.1. The maximum atomic E-state index is 11.0. The summed E-state index contributed by atoms with van der Waals surface area (Å²) in [5.41, 5.74) is 1.10. The van der Waals surface area contributed by atoms with Gasteiger partial charge in [0.2, 0.25) is 12.7 Å². The molecule has 1 heterocycles. The van der Waals surface area contributed by atoms with Crippen molar-refractivity contribution >= 4 is 5.91 Å². The molecule has 0 unspecified atom stereocenters. The Morgan fingerprint density at radius 2 is 2.11 bits per heavy atom. The van der Waals surface area contributed by atoms with Gasteiger partial charge in [-0.15, -0.1) is 0 Å². The highest BCUT2D eigenvalue weighted by atomic mass is 16.7. The number of benzene rings is 1. The lowest BCUT2D eigenvalue weighted by Crippen LogP contribution is -2.33. The molecule has 0 spiro atoms. The Kier molecular flexibility index (Phi) is 3.72. The molecule has 1 aliphatic rings. The fraction of sp³-hybridized carbons (Fsp3) is 0.462. The molecule has 98 valence electrons. The molecule has 0 fully saturated rings. The van der Waals surface area contributed by atoms with E-state index in [1.807, 2.05) is 32.3 Å². The van der Waals surface area contributed by atoms with Crippen molar-refractivity contribution < 1.29 is 14.3 Å². The molecular formula is C13H18N2O3. The molecule has 1 atom stereocenters. The Morgan fingerprint density at radius 1 is 1.39 bits per heavy atom. The molecule has 0 aliphatic carbocycles. The van der Waals surface area contributed by atoms with Crippen molar-refractivity contribution in [2.45, 2.75) is 13.0 Å². The Labute approximate surface area is 107 Å². The van der Waals surface area contributed by atoms with Crippen LogP contribution in [0.5, 0.6) is 11.5 Å². The summed E-state index contributed by atoms with van der Waals surface area (Å²) in [5, 5.41) is 2.84. The lowest BCUT2D eigenvalue weighted by molar-refractivity contribution is -0.119. The first kappa shape index (κ1) is 12.7. The van der Waals surface area contributed by atoms with E-state index >= 15 is 0 Å². The standard InChI is InChI=1S/C13H18N2O3/c1-9(16)14-7-11(15(2)3)10-4-5-12-13(6-10)18-8-17-12/h4-6,11H,7-8H2,1-3H3,(H,14,16)/t11-/m1/s1. The maximum absolute atomic E-state index is 11.0. The van der Waals surface area contributed by atoms with Gasteiger partial charge in [-0.2, -0.15) is 0 Å². The van der Waals surface area contributed by atoms with Crippen LogP contribution in [-0.4, -0.2) is 38.2 Å². The van der Waals surface area contributed by atoms with Gasteiger partial charge in [0.1, 0.15) is 0 Å². The summed E-state index contributed by atoms with van der Waals surface area (Å²) in [6.07, 6.45) is 0. The lowest BCUT2D eigenvalue weighted by Gasteiger charge is -2.25. The number of ether oxygens (including phenoxy) is 2. The first-order chi connectivity index (χ1) is 8.58. The Balaban J connectivity index is 2.17. The summed E-state index contributed by atoms with van der Waals surface area (Å²) >= 11 is 0. The number of nitrogens with one attached hydrogen (secondary N) is 1. The molecule has 2 rings (SSSR count). The van der Waals surface area contributed by atoms with E-state index in [1.165, 1.54) is 6.92 Å². The Bertz CT molecular complexity index is 446. The second-order valence-corrected chi connectivity index (χ2v) is 4.53. The van der Waals surface area contributed by atoms with Crippen LogP contribution in [0, 0.1) is 0 Å². The maximum Gasteiger partial charge on any atom is 0.231 e. The molecule has 0 aromatic heterocycles. The van der Waals surface area contributed by atoms with Crippen LogP contribution >= 0.6 is 0 Å². The number of carbonyl (C=O) groups excluding carboxylic acids is 1. The summed E-state index contributed by atoms with van der Waals surface area (Å²) in [7, 11) is 3.97. The molecule has 0 radical (unpaired) electrons. The molecule has 5 nitrogen and oxygen atoms in total. The summed E-state index contributed by atoms with van der Waals surface area (Å²) in [6, 6.07) is 5.99. The molecule has 1 aliphatic heterocycles. The normalized spacial score (nSPS) is 14.7. The molecule has 5 heteroatoms. The minimum atomic E-state index is -0.0254. The topological polar surface area (TPSA) is 50.8 Å². The van der Waals surface area contributed by atoms with Crippen molar-refractivity contribution in [2.75, 3.05) is 27.4 Å². The molecule has 0 bridgehead atoms. The van der Waals surface area contributed by atoms with Crippen LogP contribution in [0.15, 0.2) is 18.2 Å². The largest absolute Gasteiger partial charge is 0.454 e. The van der Waals surface area contributed by atoms with Crippen LogP contribution in [0.3, 0.4) is 0 Å². The van der Waals surface area contributed by atoms with E-state index in [0.717, 1.165) is 17.1 Å². The highest BCUT2D eigenvalue weighted by Crippen LogP contribution is 2.34. The van der Waals surface area contributed by atoms with Crippen molar-refractivity contribution in [1.82, 2.24) is 10.2 Å². The first-order valence-corrected chi connectivity index (χ1v) is 5.88. The second kappa shape index (κ2) is 5.27. The second-order valence-electron chi connectivity index (χ2n) is 4.53. The SMILES string of the molecule is CC(=O)NC[C@H](c1ccc2c(c1)OCO2)N(C)C. The van der Waals surface area contributed by atoms with Gasteiger partial charge in [0.25, 0.3) is 0 Å². The van der Waals surface area contributed by atoms with Crippen molar-refractivity contribution in [1.29, 1.82) is 0 Å². The molecule has 1 aromatic carbocycles. The summed E-state index contributed by atoms with van der Waals surface area (Å²) in [4.78, 5) is 13.1. The fourth-order valence-electron chi connectivity index (χ4n) is 1.96. The predicted molar refractivity (Wildman–Crippen MR) is 67.7 cm³/mol. The number of hydrogen-bond donors (Lipinski definition) is 1. The highest BCUT2D eigenvalue weighted by Gasteiger charge is 2.19. The van der Waals surface area contributed by atoms with E-state index < -0.39 is 0 Å². The zero-order valence-corrected chi connectivity index (χ0v) is 10.9. The van der Waals surface area contributed by atoms with Gasteiger partial charge in [-0.1, -0.05) is 6.07 Å². The summed E-state index contributed by atoms with van der Waals surface area (Å²) in [5.74, 6) is 1.51. The van der Waals surface area contributed by atoms with Crippen LogP contribution in [0.4, 0.5) is 0 Å². The van der Waals surface area contributed by atoms with Crippen molar-refractivity contribution in [2.24, 2.45) is 0 Å². The Hall–Kier alpha value is -1.75. The third-order valence-electron chi connectivity index (χ3n) is 2.95. The summed E-state index contributed by atoms with van der Waals surface area (Å²) in [6.45, 7) is 2.37.